The molecule has 0 saturated carbocycles. The minimum Gasteiger partial charge on any atom is -0.508 e. The van der Waals surface area contributed by atoms with Gasteiger partial charge in [0.1, 0.15) is 5.75 Å². The third kappa shape index (κ3) is 5.11. The van der Waals surface area contributed by atoms with E-state index in [-0.39, 0.29) is 5.75 Å². The van der Waals surface area contributed by atoms with E-state index in [1.165, 1.54) is 0 Å². The van der Waals surface area contributed by atoms with E-state index in [2.05, 4.69) is 5.32 Å². The number of phenolic OH excluding ortho intramolecular Hbond substituents is 1. The van der Waals surface area contributed by atoms with Gasteiger partial charge in [0.15, 0.2) is 0 Å². The first kappa shape index (κ1) is 13.0. The second-order valence-electron chi connectivity index (χ2n) is 3.72. The lowest BCUT2D eigenvalue weighted by Gasteiger charge is -2.11. The van der Waals surface area contributed by atoms with Gasteiger partial charge >= 0.3 is 0 Å². The highest BCUT2D eigenvalue weighted by molar-refractivity contribution is 5.27. The maximum absolute atomic E-state index is 9.71. The molecule has 0 heterocycles. The molecule has 0 spiro atoms. The number of methoxy groups -OCH3 is 1. The minimum absolute atomic E-state index is 0.233. The average molecular weight is 225 g/mol. The van der Waals surface area contributed by atoms with Crippen LogP contribution < -0.4 is 5.32 Å². The lowest BCUT2D eigenvalue weighted by Crippen LogP contribution is -2.30. The van der Waals surface area contributed by atoms with Gasteiger partial charge in [-0.25, -0.2) is 0 Å². The second kappa shape index (κ2) is 7.22. The van der Waals surface area contributed by atoms with Crippen LogP contribution in [0, 0.1) is 0 Å². The zero-order valence-electron chi connectivity index (χ0n) is 9.52. The molecule has 16 heavy (non-hydrogen) atoms. The third-order valence-electron chi connectivity index (χ3n) is 2.24. The molecule has 1 atom stereocenters. The Morgan fingerprint density at radius 3 is 2.94 bits per heavy atom. The van der Waals surface area contributed by atoms with E-state index in [1.807, 2.05) is 6.07 Å². The number of aromatic hydroxyl groups is 1. The van der Waals surface area contributed by atoms with Crippen LogP contribution in [0.5, 0.6) is 5.75 Å². The highest BCUT2D eigenvalue weighted by atomic mass is 16.5. The number of hydrogen-bond acceptors (Lipinski definition) is 4. The molecule has 0 amide bonds. The number of aliphatic hydroxyl groups excluding tert-OH is 1. The Morgan fingerprint density at radius 1 is 1.44 bits per heavy atom. The van der Waals surface area contributed by atoms with Gasteiger partial charge in [0.05, 0.1) is 12.7 Å². The van der Waals surface area contributed by atoms with Gasteiger partial charge in [-0.1, -0.05) is 12.1 Å². The summed E-state index contributed by atoms with van der Waals surface area (Å²) in [6.45, 7) is 1.89. The highest BCUT2D eigenvalue weighted by Gasteiger charge is 2.05. The predicted molar refractivity (Wildman–Crippen MR) is 62.6 cm³/mol. The number of hydrogen-bond donors (Lipinski definition) is 3. The van der Waals surface area contributed by atoms with Gasteiger partial charge in [-0.05, 0) is 24.1 Å². The minimum atomic E-state index is -0.446. The quantitative estimate of drug-likeness (QED) is 0.592. The number of nitrogens with one attached hydrogen (secondary N) is 1. The van der Waals surface area contributed by atoms with Crippen molar-refractivity contribution >= 4 is 0 Å². The van der Waals surface area contributed by atoms with Crippen LogP contribution in [-0.4, -0.2) is 43.1 Å². The van der Waals surface area contributed by atoms with Crippen molar-refractivity contribution < 1.29 is 14.9 Å². The molecule has 90 valence electrons. The van der Waals surface area contributed by atoms with Gasteiger partial charge in [0.25, 0.3) is 0 Å². The number of ether oxygens (including phenoxy) is 1. The van der Waals surface area contributed by atoms with Crippen LogP contribution in [0.2, 0.25) is 0 Å². The van der Waals surface area contributed by atoms with Crippen LogP contribution in [0.15, 0.2) is 24.3 Å². The third-order valence-corrected chi connectivity index (χ3v) is 2.24. The first-order valence-electron chi connectivity index (χ1n) is 5.38. The Bertz CT molecular complexity index is 304. The van der Waals surface area contributed by atoms with Crippen LogP contribution in [0.25, 0.3) is 0 Å². The van der Waals surface area contributed by atoms with E-state index in [9.17, 15) is 10.2 Å². The highest BCUT2D eigenvalue weighted by Crippen LogP contribution is 2.12. The maximum Gasteiger partial charge on any atom is 0.115 e. The molecule has 0 aromatic heterocycles. The molecule has 4 nitrogen and oxygen atoms in total. The smallest absolute Gasteiger partial charge is 0.115 e. The normalized spacial score (nSPS) is 12.6. The van der Waals surface area contributed by atoms with E-state index in [1.54, 1.807) is 25.3 Å². The summed E-state index contributed by atoms with van der Waals surface area (Å²) in [6, 6.07) is 6.94. The molecular formula is C12H19NO3. The topological polar surface area (TPSA) is 61.7 Å². The van der Waals surface area contributed by atoms with Gasteiger partial charge in [0, 0.05) is 20.2 Å². The van der Waals surface area contributed by atoms with Gasteiger partial charge < -0.3 is 20.3 Å². The monoisotopic (exact) mass is 225 g/mol. The summed E-state index contributed by atoms with van der Waals surface area (Å²) in [5, 5.41) is 22.0. The van der Waals surface area contributed by atoms with Crippen molar-refractivity contribution in [2.24, 2.45) is 0 Å². The van der Waals surface area contributed by atoms with Crippen LogP contribution in [0.1, 0.15) is 5.56 Å². The summed E-state index contributed by atoms with van der Waals surface area (Å²) in [5.41, 5.74) is 0.932. The van der Waals surface area contributed by atoms with E-state index < -0.39 is 6.10 Å². The van der Waals surface area contributed by atoms with Crippen molar-refractivity contribution in [3.63, 3.8) is 0 Å². The molecule has 0 bridgehead atoms. The van der Waals surface area contributed by atoms with Gasteiger partial charge in [0.2, 0.25) is 0 Å². The molecule has 1 unspecified atom stereocenters. The van der Waals surface area contributed by atoms with Crippen molar-refractivity contribution in [1.82, 2.24) is 5.32 Å². The van der Waals surface area contributed by atoms with Gasteiger partial charge in [-0.2, -0.15) is 0 Å². The SMILES string of the molecule is COCCNCC(O)Cc1cccc(O)c1. The Labute approximate surface area is 95.9 Å². The second-order valence-corrected chi connectivity index (χ2v) is 3.72. The number of phenols is 1. The molecule has 0 fully saturated rings. The Kier molecular flexibility index (Phi) is 5.85. The van der Waals surface area contributed by atoms with Crippen LogP contribution >= 0.6 is 0 Å². The van der Waals surface area contributed by atoms with E-state index in [0.717, 1.165) is 12.1 Å². The Morgan fingerprint density at radius 2 is 2.25 bits per heavy atom. The first-order valence-corrected chi connectivity index (χ1v) is 5.38. The molecule has 0 aliphatic rings. The van der Waals surface area contributed by atoms with Crippen molar-refractivity contribution in [3.8, 4) is 5.75 Å². The Balaban J connectivity index is 2.25. The van der Waals surface area contributed by atoms with Crippen molar-refractivity contribution in [1.29, 1.82) is 0 Å². The molecule has 0 aliphatic carbocycles. The fraction of sp³-hybridized carbons (Fsp3) is 0.500. The summed E-state index contributed by atoms with van der Waals surface area (Å²) in [6.07, 6.45) is 0.0904. The number of benzene rings is 1. The van der Waals surface area contributed by atoms with Crippen LogP contribution in [0.3, 0.4) is 0 Å². The summed E-state index contributed by atoms with van der Waals surface area (Å²) in [4.78, 5) is 0. The van der Waals surface area contributed by atoms with Gasteiger partial charge in [-0.15, -0.1) is 0 Å². The zero-order valence-corrected chi connectivity index (χ0v) is 9.52. The Hall–Kier alpha value is -1.10. The standard InChI is InChI=1S/C12H19NO3/c1-16-6-5-13-9-12(15)8-10-3-2-4-11(14)7-10/h2-4,7,12-15H,5-6,8-9H2,1H3. The number of rotatable bonds is 7. The average Bonchev–Trinajstić information content (AvgIpc) is 2.24. The van der Waals surface area contributed by atoms with E-state index in [4.69, 9.17) is 4.74 Å². The summed E-state index contributed by atoms with van der Waals surface area (Å²) >= 11 is 0. The van der Waals surface area contributed by atoms with Crippen LogP contribution in [-0.2, 0) is 11.2 Å². The molecule has 0 radical (unpaired) electrons. The summed E-state index contributed by atoms with van der Waals surface area (Å²) in [5.74, 6) is 0.233. The van der Waals surface area contributed by atoms with Crippen molar-refractivity contribution in [2.45, 2.75) is 12.5 Å². The van der Waals surface area contributed by atoms with E-state index in [0.29, 0.717) is 19.6 Å². The predicted octanol–water partition coefficient (Wildman–Crippen LogP) is 0.532. The molecule has 0 saturated heterocycles. The molecular weight excluding hydrogens is 206 g/mol. The van der Waals surface area contributed by atoms with Crippen molar-refractivity contribution in [2.75, 3.05) is 26.8 Å². The molecule has 1 aromatic carbocycles. The lowest BCUT2D eigenvalue weighted by atomic mass is 10.1. The van der Waals surface area contributed by atoms with Crippen LogP contribution in [0.4, 0.5) is 0 Å². The van der Waals surface area contributed by atoms with Crippen molar-refractivity contribution in [3.05, 3.63) is 29.8 Å². The van der Waals surface area contributed by atoms with E-state index >= 15 is 0 Å². The largest absolute Gasteiger partial charge is 0.508 e. The molecule has 0 aliphatic heterocycles. The first-order chi connectivity index (χ1) is 7.72. The van der Waals surface area contributed by atoms with Gasteiger partial charge in [-0.3, -0.25) is 0 Å². The molecule has 1 aromatic rings. The summed E-state index contributed by atoms with van der Waals surface area (Å²) < 4.78 is 4.88. The fourth-order valence-corrected chi connectivity index (χ4v) is 1.47. The fourth-order valence-electron chi connectivity index (χ4n) is 1.47. The molecule has 4 heteroatoms. The molecule has 3 N–H and O–H groups in total. The maximum atomic E-state index is 9.71. The number of aliphatic hydroxyl groups is 1. The zero-order chi connectivity index (χ0) is 11.8. The summed E-state index contributed by atoms with van der Waals surface area (Å²) in [7, 11) is 1.64. The lowest BCUT2D eigenvalue weighted by molar-refractivity contribution is 0.160. The molecule has 1 rings (SSSR count).